The average molecular weight is 173 g/mol. The molecular weight excluding hydrogens is 164 g/mol. The lowest BCUT2D eigenvalue weighted by Gasteiger charge is -2.01. The van der Waals surface area contributed by atoms with Gasteiger partial charge in [0.2, 0.25) is 0 Å². The first-order valence-electron chi connectivity index (χ1n) is 3.20. The third kappa shape index (κ3) is 1.61. The lowest BCUT2D eigenvalue weighted by Crippen LogP contribution is -2.17. The van der Waals surface area contributed by atoms with Crippen molar-refractivity contribution in [1.29, 1.82) is 0 Å². The first-order valence-corrected chi connectivity index (χ1v) is 3.58. The molecule has 60 valence electrons. The molecule has 1 aromatic rings. The second-order valence-corrected chi connectivity index (χ2v) is 2.72. The Morgan fingerprint density at radius 1 is 1.73 bits per heavy atom. The maximum atomic E-state index is 11.0. The Morgan fingerprint density at radius 3 is 2.82 bits per heavy atom. The fourth-order valence-corrected chi connectivity index (χ4v) is 1.12. The molecule has 0 amide bonds. The molecule has 0 aliphatic rings. The van der Waals surface area contributed by atoms with Gasteiger partial charge in [-0.2, -0.15) is 0 Å². The van der Waals surface area contributed by atoms with Gasteiger partial charge in [0.05, 0.1) is 0 Å². The van der Waals surface area contributed by atoms with E-state index in [1.54, 1.807) is 19.3 Å². The molecule has 0 aromatic carbocycles. The van der Waals surface area contributed by atoms with E-state index in [2.05, 4.69) is 0 Å². The first kappa shape index (κ1) is 8.30. The summed E-state index contributed by atoms with van der Waals surface area (Å²) < 4.78 is 1.42. The lowest BCUT2D eigenvalue weighted by molar-refractivity contribution is 0.838. The predicted octanol–water partition coefficient (Wildman–Crippen LogP) is 0.497. The maximum absolute atomic E-state index is 11.0. The van der Waals surface area contributed by atoms with E-state index < -0.39 is 0 Å². The van der Waals surface area contributed by atoms with E-state index in [0.717, 1.165) is 5.56 Å². The van der Waals surface area contributed by atoms with E-state index in [-0.39, 0.29) is 10.6 Å². The van der Waals surface area contributed by atoms with Crippen LogP contribution in [0.2, 0.25) is 5.02 Å². The zero-order valence-corrected chi connectivity index (χ0v) is 6.93. The molecule has 0 atom stereocenters. The van der Waals surface area contributed by atoms with Gasteiger partial charge in [-0.1, -0.05) is 11.6 Å². The minimum absolute atomic E-state index is 0.191. The summed E-state index contributed by atoms with van der Waals surface area (Å²) in [5, 5.41) is 0.218. The third-order valence-electron chi connectivity index (χ3n) is 1.43. The van der Waals surface area contributed by atoms with Gasteiger partial charge < -0.3 is 10.3 Å². The molecule has 0 saturated carbocycles. The molecule has 0 bridgehead atoms. The summed E-state index contributed by atoms with van der Waals surface area (Å²) in [4.78, 5) is 11.0. The van der Waals surface area contributed by atoms with Crippen molar-refractivity contribution in [2.45, 2.75) is 6.54 Å². The van der Waals surface area contributed by atoms with Crippen molar-refractivity contribution < 1.29 is 0 Å². The Kier molecular flexibility index (Phi) is 2.31. The summed E-state index contributed by atoms with van der Waals surface area (Å²) in [5.41, 5.74) is 6.03. The molecule has 4 heteroatoms. The van der Waals surface area contributed by atoms with Gasteiger partial charge in [0.25, 0.3) is 5.56 Å². The van der Waals surface area contributed by atoms with Gasteiger partial charge in [-0.15, -0.1) is 0 Å². The van der Waals surface area contributed by atoms with Crippen LogP contribution in [0.5, 0.6) is 0 Å². The summed E-state index contributed by atoms with van der Waals surface area (Å²) in [6.45, 7) is 0.397. The summed E-state index contributed by atoms with van der Waals surface area (Å²) in [5.74, 6) is 0. The fourth-order valence-electron chi connectivity index (χ4n) is 0.849. The second-order valence-electron chi connectivity index (χ2n) is 2.32. The monoisotopic (exact) mass is 172 g/mol. The molecule has 1 rings (SSSR count). The van der Waals surface area contributed by atoms with Crippen molar-refractivity contribution in [3.8, 4) is 0 Å². The minimum atomic E-state index is -0.191. The van der Waals surface area contributed by atoms with E-state index in [4.69, 9.17) is 17.3 Å². The van der Waals surface area contributed by atoms with Crippen molar-refractivity contribution in [3.63, 3.8) is 0 Å². The van der Waals surface area contributed by atoms with Crippen LogP contribution >= 0.6 is 11.6 Å². The quantitative estimate of drug-likeness (QED) is 0.671. The Hall–Kier alpha value is -0.800. The Morgan fingerprint density at radius 2 is 2.36 bits per heavy atom. The number of nitrogens with two attached hydrogens (primary N) is 1. The molecule has 0 saturated heterocycles. The number of nitrogens with zero attached hydrogens (tertiary/aromatic N) is 1. The van der Waals surface area contributed by atoms with Gasteiger partial charge in [0.15, 0.2) is 0 Å². The first-order chi connectivity index (χ1) is 5.15. The number of rotatable bonds is 1. The topological polar surface area (TPSA) is 48.0 Å². The number of hydrogen-bond acceptors (Lipinski definition) is 2. The zero-order chi connectivity index (χ0) is 8.43. The Balaban J connectivity index is 3.32. The third-order valence-corrected chi connectivity index (χ3v) is 1.70. The molecule has 0 fully saturated rings. The van der Waals surface area contributed by atoms with E-state index in [9.17, 15) is 4.79 Å². The fraction of sp³-hybridized carbons (Fsp3) is 0.286. The molecule has 11 heavy (non-hydrogen) atoms. The van der Waals surface area contributed by atoms with E-state index in [0.29, 0.717) is 6.54 Å². The lowest BCUT2D eigenvalue weighted by atomic mass is 10.3. The SMILES string of the molecule is Cn1cc(CN)cc(Cl)c1=O. The molecule has 0 aliphatic carbocycles. The smallest absolute Gasteiger partial charge is 0.269 e. The van der Waals surface area contributed by atoms with Gasteiger partial charge in [-0.25, -0.2) is 0 Å². The molecule has 0 unspecified atom stereocenters. The average Bonchev–Trinajstić information content (AvgIpc) is 1.99. The molecule has 0 spiro atoms. The van der Waals surface area contributed by atoms with Crippen LogP contribution in [-0.4, -0.2) is 4.57 Å². The molecule has 3 nitrogen and oxygen atoms in total. The Labute approximate surface area is 69.4 Å². The van der Waals surface area contributed by atoms with Crippen molar-refractivity contribution in [3.05, 3.63) is 33.2 Å². The standard InChI is InChI=1S/C7H9ClN2O/c1-10-4-5(3-9)2-6(8)7(10)11/h2,4H,3,9H2,1H3. The highest BCUT2D eigenvalue weighted by Crippen LogP contribution is 2.03. The van der Waals surface area contributed by atoms with Gasteiger partial charge >= 0.3 is 0 Å². The van der Waals surface area contributed by atoms with Crippen LogP contribution in [0.1, 0.15) is 5.56 Å². The van der Waals surface area contributed by atoms with Gasteiger partial charge in [-0.05, 0) is 11.6 Å². The van der Waals surface area contributed by atoms with E-state index >= 15 is 0 Å². The normalized spacial score (nSPS) is 10.1. The van der Waals surface area contributed by atoms with Gasteiger partial charge in [0, 0.05) is 19.8 Å². The number of hydrogen-bond donors (Lipinski definition) is 1. The highest BCUT2D eigenvalue weighted by Gasteiger charge is 1.99. The van der Waals surface area contributed by atoms with Crippen molar-refractivity contribution in [2.24, 2.45) is 12.8 Å². The molecule has 1 aromatic heterocycles. The molecule has 2 N–H and O–H groups in total. The zero-order valence-electron chi connectivity index (χ0n) is 6.17. The van der Waals surface area contributed by atoms with Crippen molar-refractivity contribution in [2.75, 3.05) is 0 Å². The van der Waals surface area contributed by atoms with Crippen LogP contribution in [0.25, 0.3) is 0 Å². The van der Waals surface area contributed by atoms with E-state index in [1.807, 2.05) is 0 Å². The van der Waals surface area contributed by atoms with Crippen molar-refractivity contribution >= 4 is 11.6 Å². The summed E-state index contributed by atoms with van der Waals surface area (Å²) in [6, 6.07) is 1.59. The molecular formula is C7H9ClN2O. The predicted molar refractivity (Wildman–Crippen MR) is 44.6 cm³/mol. The largest absolute Gasteiger partial charge is 0.326 e. The highest BCUT2D eigenvalue weighted by molar-refractivity contribution is 6.30. The summed E-state index contributed by atoms with van der Waals surface area (Å²) in [6.07, 6.45) is 1.67. The maximum Gasteiger partial charge on any atom is 0.269 e. The molecule has 0 radical (unpaired) electrons. The van der Waals surface area contributed by atoms with Crippen LogP contribution in [-0.2, 0) is 13.6 Å². The number of halogens is 1. The number of aromatic nitrogens is 1. The number of pyridine rings is 1. The van der Waals surface area contributed by atoms with Crippen LogP contribution in [0.15, 0.2) is 17.1 Å². The highest BCUT2D eigenvalue weighted by atomic mass is 35.5. The van der Waals surface area contributed by atoms with Gasteiger partial charge in [-0.3, -0.25) is 4.79 Å². The second kappa shape index (κ2) is 3.07. The van der Waals surface area contributed by atoms with Crippen LogP contribution < -0.4 is 11.3 Å². The van der Waals surface area contributed by atoms with Crippen LogP contribution in [0, 0.1) is 0 Å². The van der Waals surface area contributed by atoms with E-state index in [1.165, 1.54) is 4.57 Å². The molecule has 0 aliphatic heterocycles. The number of aryl methyl sites for hydroxylation is 1. The van der Waals surface area contributed by atoms with Crippen LogP contribution in [0.3, 0.4) is 0 Å². The van der Waals surface area contributed by atoms with Crippen LogP contribution in [0.4, 0.5) is 0 Å². The summed E-state index contributed by atoms with van der Waals surface area (Å²) >= 11 is 5.61. The minimum Gasteiger partial charge on any atom is -0.326 e. The molecule has 1 heterocycles. The Bertz CT molecular complexity index is 292. The van der Waals surface area contributed by atoms with Crippen molar-refractivity contribution in [1.82, 2.24) is 4.57 Å². The van der Waals surface area contributed by atoms with Gasteiger partial charge in [0.1, 0.15) is 5.02 Å². The summed E-state index contributed by atoms with van der Waals surface area (Å²) in [7, 11) is 1.65.